The van der Waals surface area contributed by atoms with Crippen molar-refractivity contribution in [1.29, 1.82) is 0 Å². The minimum atomic E-state index is 0.572. The van der Waals surface area contributed by atoms with E-state index in [-0.39, 0.29) is 0 Å². The smallest absolute Gasteiger partial charge is 0.0109 e. The summed E-state index contributed by atoms with van der Waals surface area (Å²) in [5.41, 5.74) is 2.43. The zero-order valence-corrected chi connectivity index (χ0v) is 41.7. The van der Waals surface area contributed by atoms with Gasteiger partial charge in [-0.1, -0.05) is 193 Å². The third kappa shape index (κ3) is 7.77. The molecule has 0 saturated heterocycles. The van der Waals surface area contributed by atoms with E-state index in [4.69, 9.17) is 0 Å². The van der Waals surface area contributed by atoms with E-state index in [1.165, 1.54) is 6.42 Å². The van der Waals surface area contributed by atoms with Crippen LogP contribution in [0, 0.1) is 80.8 Å². The van der Waals surface area contributed by atoms with E-state index < -0.39 is 0 Å². The standard InChI is InChI=1S/C62H106/c1-2-7-16-31-49(32-17-8-3-1)59(50-33-18-9-4-5-10-19-34-50)57-45-28-29-46-58(57)60(52-47-48-52,51-43-30-44-51)62(56-41-26-27-42-56,55-39-24-15-25-40-55)61(59,54-37-22-13-14-23-38-54)53-35-20-11-6-12-21-36-53/h49-58H,1-48H2. The second-order valence-electron chi connectivity index (χ2n) is 26.2. The molecule has 10 aliphatic rings. The van der Waals surface area contributed by atoms with Crippen LogP contribution in [0.25, 0.3) is 0 Å². The van der Waals surface area contributed by atoms with Gasteiger partial charge in [-0.15, -0.1) is 0 Å². The highest BCUT2D eigenvalue weighted by Crippen LogP contribution is 2.91. The van der Waals surface area contributed by atoms with Crippen molar-refractivity contribution >= 4 is 0 Å². The van der Waals surface area contributed by atoms with Gasteiger partial charge in [-0.25, -0.2) is 0 Å². The van der Waals surface area contributed by atoms with Gasteiger partial charge in [0.25, 0.3) is 0 Å². The first-order valence-electron chi connectivity index (χ1n) is 30.8. The van der Waals surface area contributed by atoms with E-state index in [2.05, 4.69) is 0 Å². The molecule has 0 radical (unpaired) electrons. The molecule has 0 aliphatic heterocycles. The van der Waals surface area contributed by atoms with Crippen molar-refractivity contribution in [1.82, 2.24) is 0 Å². The third-order valence-corrected chi connectivity index (χ3v) is 24.0. The van der Waals surface area contributed by atoms with Gasteiger partial charge in [-0.2, -0.15) is 0 Å². The zero-order chi connectivity index (χ0) is 41.7. The summed E-state index contributed by atoms with van der Waals surface area (Å²) in [6.07, 6.45) is 77.4. The molecule has 0 spiro atoms. The van der Waals surface area contributed by atoms with Crippen LogP contribution in [0.5, 0.6) is 0 Å². The Morgan fingerprint density at radius 3 is 0.565 bits per heavy atom. The van der Waals surface area contributed by atoms with E-state index in [0.717, 1.165) is 59.2 Å². The largest absolute Gasteiger partial charge is 0.0533 e. The number of fused-ring (bicyclic) bond motifs is 1. The molecule has 6 atom stereocenters. The maximum atomic E-state index is 1.69. The second kappa shape index (κ2) is 21.1. The predicted molar refractivity (Wildman–Crippen MR) is 266 cm³/mol. The van der Waals surface area contributed by atoms with E-state index in [1.54, 1.807) is 302 Å². The quantitative estimate of drug-likeness (QED) is 0.214. The first-order valence-corrected chi connectivity index (χ1v) is 30.8. The Morgan fingerprint density at radius 2 is 0.323 bits per heavy atom. The van der Waals surface area contributed by atoms with Crippen molar-refractivity contribution in [3.05, 3.63) is 0 Å². The van der Waals surface area contributed by atoms with E-state index >= 15 is 0 Å². The minimum Gasteiger partial charge on any atom is -0.0533 e. The highest BCUT2D eigenvalue weighted by molar-refractivity contribution is 5.33. The molecule has 10 rings (SSSR count). The van der Waals surface area contributed by atoms with E-state index in [0.29, 0.717) is 21.7 Å². The molecular weight excluding hydrogens is 745 g/mol. The fourth-order valence-corrected chi connectivity index (χ4v) is 22.7. The summed E-state index contributed by atoms with van der Waals surface area (Å²) in [6.45, 7) is 0. The first kappa shape index (κ1) is 45.8. The van der Waals surface area contributed by atoms with Crippen LogP contribution in [0.4, 0.5) is 0 Å². The molecule has 10 fully saturated rings. The molecule has 10 saturated carbocycles. The molecule has 0 amide bonds. The van der Waals surface area contributed by atoms with E-state index in [9.17, 15) is 0 Å². The molecule has 10 aliphatic carbocycles. The molecule has 0 aromatic heterocycles. The third-order valence-electron chi connectivity index (χ3n) is 24.0. The van der Waals surface area contributed by atoms with Crippen LogP contribution in [0.2, 0.25) is 0 Å². The predicted octanol–water partition coefficient (Wildman–Crippen LogP) is 20.0. The summed E-state index contributed by atoms with van der Waals surface area (Å²) in [5, 5.41) is 0. The average molecular weight is 852 g/mol. The second-order valence-corrected chi connectivity index (χ2v) is 26.2. The fourth-order valence-electron chi connectivity index (χ4n) is 22.7. The lowest BCUT2D eigenvalue weighted by atomic mass is 9.17. The molecular formula is C62H106. The van der Waals surface area contributed by atoms with Crippen LogP contribution in [-0.2, 0) is 0 Å². The van der Waals surface area contributed by atoms with Crippen LogP contribution in [0.1, 0.15) is 308 Å². The van der Waals surface area contributed by atoms with Crippen molar-refractivity contribution in [3.63, 3.8) is 0 Å². The Bertz CT molecular complexity index is 1310. The fraction of sp³-hybridized carbons (Fsp3) is 1.00. The molecule has 0 aromatic carbocycles. The Labute approximate surface area is 387 Å². The van der Waals surface area contributed by atoms with Crippen molar-refractivity contribution < 1.29 is 0 Å². The summed E-state index contributed by atoms with van der Waals surface area (Å²) in [6, 6.07) is 0. The molecule has 0 N–H and O–H groups in total. The number of hydrogen-bond donors (Lipinski definition) is 0. The van der Waals surface area contributed by atoms with Crippen LogP contribution >= 0.6 is 0 Å². The van der Waals surface area contributed by atoms with Gasteiger partial charge in [0.05, 0.1) is 0 Å². The lowest BCUT2D eigenvalue weighted by Gasteiger charge is -2.87. The number of rotatable bonds is 8. The van der Waals surface area contributed by atoms with Gasteiger partial charge in [0.15, 0.2) is 0 Å². The van der Waals surface area contributed by atoms with Crippen LogP contribution in [0.15, 0.2) is 0 Å². The SMILES string of the molecule is C1CCCCC(C2(C3CCCCCCCC3)C3CCCCC3C(C3CCC3)(C3CC3)C(C3CCCCC3)(C3CCCC3)C2(C2CCCCCCC2)C2CCCCCC2)CCCC1. The molecule has 0 aromatic rings. The molecule has 0 nitrogen and oxygen atoms in total. The Morgan fingerprint density at radius 1 is 0.145 bits per heavy atom. The monoisotopic (exact) mass is 851 g/mol. The Kier molecular flexibility index (Phi) is 15.6. The topological polar surface area (TPSA) is 0 Å². The lowest BCUT2D eigenvalue weighted by molar-refractivity contribution is -0.401. The highest BCUT2D eigenvalue weighted by atomic mass is 14.9. The van der Waals surface area contributed by atoms with Gasteiger partial charge in [0.2, 0.25) is 0 Å². The Hall–Kier alpha value is 0. The van der Waals surface area contributed by atoms with Gasteiger partial charge < -0.3 is 0 Å². The molecule has 0 bridgehead atoms. The molecule has 0 heterocycles. The highest BCUT2D eigenvalue weighted by Gasteiger charge is 2.86. The average Bonchev–Trinajstić information content (AvgIpc) is 4.03. The van der Waals surface area contributed by atoms with Crippen molar-refractivity contribution in [2.24, 2.45) is 80.8 Å². The molecule has 6 unspecified atom stereocenters. The summed E-state index contributed by atoms with van der Waals surface area (Å²) in [4.78, 5) is 0. The van der Waals surface area contributed by atoms with Gasteiger partial charge in [0, 0.05) is 0 Å². The van der Waals surface area contributed by atoms with Gasteiger partial charge in [0.1, 0.15) is 0 Å². The van der Waals surface area contributed by atoms with Crippen LogP contribution in [0.3, 0.4) is 0 Å². The van der Waals surface area contributed by atoms with Crippen molar-refractivity contribution in [3.8, 4) is 0 Å². The van der Waals surface area contributed by atoms with E-state index in [1.807, 2.05) is 0 Å². The van der Waals surface area contributed by atoms with Crippen LogP contribution in [-0.4, -0.2) is 0 Å². The summed E-state index contributed by atoms with van der Waals surface area (Å²) < 4.78 is 0. The molecule has 62 heavy (non-hydrogen) atoms. The first-order chi connectivity index (χ1) is 30.8. The number of hydrogen-bond acceptors (Lipinski definition) is 0. The molecule has 0 heteroatoms. The lowest BCUT2D eigenvalue weighted by Crippen LogP contribution is -2.83. The van der Waals surface area contributed by atoms with Crippen LogP contribution < -0.4 is 0 Å². The maximum absolute atomic E-state index is 1.69. The van der Waals surface area contributed by atoms with Gasteiger partial charge >= 0.3 is 0 Å². The van der Waals surface area contributed by atoms with Gasteiger partial charge in [-0.3, -0.25) is 0 Å². The minimum absolute atomic E-state index is 0.572. The zero-order valence-electron chi connectivity index (χ0n) is 41.7. The summed E-state index contributed by atoms with van der Waals surface area (Å²) in [7, 11) is 0. The summed E-state index contributed by atoms with van der Waals surface area (Å²) >= 11 is 0. The summed E-state index contributed by atoms with van der Waals surface area (Å²) in [5.74, 6) is 10.5. The maximum Gasteiger partial charge on any atom is -0.0109 e. The molecule has 354 valence electrons. The van der Waals surface area contributed by atoms with Gasteiger partial charge in [-0.05, 0) is 196 Å². The van der Waals surface area contributed by atoms with Crippen molar-refractivity contribution in [2.45, 2.75) is 308 Å². The Balaban J connectivity index is 1.38. The van der Waals surface area contributed by atoms with Crippen molar-refractivity contribution in [2.75, 3.05) is 0 Å². The normalized spacial score (nSPS) is 41.4.